The van der Waals surface area contributed by atoms with Crippen molar-refractivity contribution in [3.63, 3.8) is 0 Å². The van der Waals surface area contributed by atoms with Crippen molar-refractivity contribution in [2.75, 3.05) is 19.6 Å². The second kappa shape index (κ2) is 6.78. The number of piperidine rings is 1. The van der Waals surface area contributed by atoms with Crippen LogP contribution in [-0.2, 0) is 16.1 Å². The van der Waals surface area contributed by atoms with Gasteiger partial charge in [0.1, 0.15) is 24.8 Å². The number of carbonyl (C=O) groups is 2. The van der Waals surface area contributed by atoms with Crippen LogP contribution in [0.2, 0.25) is 0 Å². The number of amides is 2. The monoisotopic (exact) mass is 335 g/mol. The third-order valence-electron chi connectivity index (χ3n) is 5.03. The summed E-state index contributed by atoms with van der Waals surface area (Å²) in [6.07, 6.45) is 6.15. The largest absolute Gasteiger partial charge is 0.441 e. The van der Waals surface area contributed by atoms with E-state index in [2.05, 4.69) is 23.9 Å². The summed E-state index contributed by atoms with van der Waals surface area (Å²) in [5, 5.41) is 3.96. The number of ether oxygens (including phenoxy) is 1. The fraction of sp³-hybridized carbons (Fsp3) is 0.750. The van der Waals surface area contributed by atoms with Gasteiger partial charge in [0.25, 0.3) is 0 Å². The van der Waals surface area contributed by atoms with E-state index in [0.717, 1.165) is 12.8 Å². The Hall–Kier alpha value is -2.12. The topological polar surface area (TPSA) is 80.6 Å². The van der Waals surface area contributed by atoms with E-state index in [9.17, 15) is 9.59 Å². The fourth-order valence-corrected chi connectivity index (χ4v) is 3.54. The van der Waals surface area contributed by atoms with Crippen LogP contribution in [0.25, 0.3) is 0 Å². The molecule has 0 aromatic carbocycles. The lowest BCUT2D eigenvalue weighted by molar-refractivity contribution is -0.135. The minimum absolute atomic E-state index is 0.0240. The maximum absolute atomic E-state index is 12.3. The van der Waals surface area contributed by atoms with Gasteiger partial charge in [0.15, 0.2) is 0 Å². The first kappa shape index (κ1) is 16.7. The van der Waals surface area contributed by atoms with Crippen molar-refractivity contribution >= 4 is 12.0 Å². The Morgan fingerprint density at radius 1 is 1.42 bits per heavy atom. The summed E-state index contributed by atoms with van der Waals surface area (Å²) in [6, 6.07) is 0.203. The highest BCUT2D eigenvalue weighted by Crippen LogP contribution is 2.34. The third-order valence-corrected chi connectivity index (χ3v) is 5.03. The summed E-state index contributed by atoms with van der Waals surface area (Å²) in [5.74, 6) is 0.0240. The third kappa shape index (κ3) is 3.37. The lowest BCUT2D eigenvalue weighted by Gasteiger charge is -2.37. The van der Waals surface area contributed by atoms with Gasteiger partial charge in [-0.25, -0.2) is 14.5 Å². The predicted octanol–water partition coefficient (Wildman–Crippen LogP) is 1.28. The lowest BCUT2D eigenvalue weighted by atomic mass is 9.91. The SMILES string of the molecule is CCC[C@@H](C)N1CC2(CCN(C(=O)Cn3cncn3)CC2)OC1=O. The van der Waals surface area contributed by atoms with Gasteiger partial charge in [0.2, 0.25) is 5.91 Å². The highest BCUT2D eigenvalue weighted by atomic mass is 16.6. The van der Waals surface area contributed by atoms with Gasteiger partial charge in [0.05, 0.1) is 6.54 Å². The first-order valence-electron chi connectivity index (χ1n) is 8.63. The van der Waals surface area contributed by atoms with Crippen LogP contribution in [0.4, 0.5) is 4.79 Å². The molecule has 3 rings (SSSR count). The molecule has 2 amide bonds. The van der Waals surface area contributed by atoms with Crippen molar-refractivity contribution < 1.29 is 14.3 Å². The van der Waals surface area contributed by atoms with E-state index in [1.807, 2.05) is 9.80 Å². The summed E-state index contributed by atoms with van der Waals surface area (Å²) in [5.41, 5.74) is -0.427. The Kier molecular flexibility index (Phi) is 4.73. The minimum Gasteiger partial charge on any atom is -0.441 e. The quantitative estimate of drug-likeness (QED) is 0.810. The van der Waals surface area contributed by atoms with Gasteiger partial charge in [-0.15, -0.1) is 0 Å². The number of carbonyl (C=O) groups excluding carboxylic acids is 2. The molecule has 8 nitrogen and oxygen atoms in total. The minimum atomic E-state index is -0.427. The van der Waals surface area contributed by atoms with Gasteiger partial charge in [-0.2, -0.15) is 5.10 Å². The normalized spacial score (nSPS) is 21.2. The lowest BCUT2D eigenvalue weighted by Crippen LogP contribution is -2.49. The van der Waals surface area contributed by atoms with E-state index >= 15 is 0 Å². The second-order valence-corrected chi connectivity index (χ2v) is 6.79. The number of likely N-dealkylation sites (tertiary alicyclic amines) is 1. The van der Waals surface area contributed by atoms with Crippen LogP contribution in [-0.4, -0.2) is 67.8 Å². The summed E-state index contributed by atoms with van der Waals surface area (Å²) in [4.78, 5) is 32.0. The van der Waals surface area contributed by atoms with Crippen molar-refractivity contribution in [3.05, 3.63) is 12.7 Å². The molecule has 0 saturated carbocycles. The van der Waals surface area contributed by atoms with Gasteiger partial charge in [-0.05, 0) is 13.3 Å². The molecular weight excluding hydrogens is 310 g/mol. The Labute approximate surface area is 141 Å². The van der Waals surface area contributed by atoms with E-state index < -0.39 is 5.60 Å². The number of rotatable bonds is 5. The van der Waals surface area contributed by atoms with Crippen LogP contribution >= 0.6 is 0 Å². The maximum Gasteiger partial charge on any atom is 0.410 e. The zero-order valence-electron chi connectivity index (χ0n) is 14.3. The van der Waals surface area contributed by atoms with E-state index in [1.54, 1.807) is 0 Å². The highest BCUT2D eigenvalue weighted by Gasteiger charge is 2.48. The summed E-state index contributed by atoms with van der Waals surface area (Å²) < 4.78 is 7.25. The number of hydrogen-bond acceptors (Lipinski definition) is 5. The highest BCUT2D eigenvalue weighted by molar-refractivity contribution is 5.76. The average Bonchev–Trinajstić information content (AvgIpc) is 3.16. The van der Waals surface area contributed by atoms with Crippen LogP contribution in [0, 0.1) is 0 Å². The molecular formula is C16H25N5O3. The number of nitrogens with zero attached hydrogens (tertiary/aromatic N) is 5. The van der Waals surface area contributed by atoms with Gasteiger partial charge in [-0.1, -0.05) is 13.3 Å². The zero-order valence-corrected chi connectivity index (χ0v) is 14.3. The molecule has 1 atom stereocenters. The molecule has 2 saturated heterocycles. The Morgan fingerprint density at radius 2 is 2.17 bits per heavy atom. The van der Waals surface area contributed by atoms with Gasteiger partial charge in [0, 0.05) is 32.0 Å². The smallest absolute Gasteiger partial charge is 0.410 e. The molecule has 8 heteroatoms. The van der Waals surface area contributed by atoms with E-state index in [0.29, 0.717) is 32.5 Å². The van der Waals surface area contributed by atoms with E-state index in [1.165, 1.54) is 17.3 Å². The van der Waals surface area contributed by atoms with Crippen molar-refractivity contribution in [3.8, 4) is 0 Å². The maximum atomic E-state index is 12.3. The average molecular weight is 335 g/mol. The molecule has 0 radical (unpaired) electrons. The standard InChI is InChI=1S/C16H25N5O3/c1-3-4-13(2)21-10-16(24-15(21)23)5-7-19(8-6-16)14(22)9-20-12-17-11-18-20/h11-13H,3-10H2,1-2H3/t13-/m1/s1. The first-order chi connectivity index (χ1) is 11.5. The first-order valence-corrected chi connectivity index (χ1v) is 8.63. The Balaban J connectivity index is 1.55. The van der Waals surface area contributed by atoms with Gasteiger partial charge >= 0.3 is 6.09 Å². The van der Waals surface area contributed by atoms with Crippen LogP contribution in [0.1, 0.15) is 39.5 Å². The number of hydrogen-bond donors (Lipinski definition) is 0. The molecule has 132 valence electrons. The summed E-state index contributed by atoms with van der Waals surface area (Å²) in [7, 11) is 0. The van der Waals surface area contributed by atoms with E-state index in [-0.39, 0.29) is 24.6 Å². The van der Waals surface area contributed by atoms with E-state index in [4.69, 9.17) is 4.74 Å². The van der Waals surface area contributed by atoms with Crippen molar-refractivity contribution in [2.45, 2.75) is 57.7 Å². The molecule has 0 aliphatic carbocycles. The molecule has 2 fully saturated rings. The predicted molar refractivity (Wildman–Crippen MR) is 86.1 cm³/mol. The summed E-state index contributed by atoms with van der Waals surface area (Å²) >= 11 is 0. The van der Waals surface area contributed by atoms with Crippen molar-refractivity contribution in [1.29, 1.82) is 0 Å². The molecule has 2 aliphatic rings. The van der Waals surface area contributed by atoms with Gasteiger partial charge < -0.3 is 14.5 Å². The van der Waals surface area contributed by atoms with Crippen LogP contribution in [0.3, 0.4) is 0 Å². The van der Waals surface area contributed by atoms with Crippen LogP contribution in [0.15, 0.2) is 12.7 Å². The molecule has 0 bridgehead atoms. The van der Waals surface area contributed by atoms with Gasteiger partial charge in [-0.3, -0.25) is 4.79 Å². The fourth-order valence-electron chi connectivity index (χ4n) is 3.54. The Morgan fingerprint density at radius 3 is 2.79 bits per heavy atom. The van der Waals surface area contributed by atoms with Crippen molar-refractivity contribution in [2.24, 2.45) is 0 Å². The molecule has 0 N–H and O–H groups in total. The molecule has 1 spiro atoms. The summed E-state index contributed by atoms with van der Waals surface area (Å²) in [6.45, 7) is 6.24. The molecule has 2 aliphatic heterocycles. The Bertz CT molecular complexity index is 581. The molecule has 3 heterocycles. The zero-order chi connectivity index (χ0) is 17.2. The van der Waals surface area contributed by atoms with Crippen molar-refractivity contribution in [1.82, 2.24) is 24.6 Å². The second-order valence-electron chi connectivity index (χ2n) is 6.79. The van der Waals surface area contributed by atoms with Crippen LogP contribution in [0.5, 0.6) is 0 Å². The molecule has 24 heavy (non-hydrogen) atoms. The molecule has 1 aromatic heterocycles. The van der Waals surface area contributed by atoms with Crippen LogP contribution < -0.4 is 0 Å². The number of aromatic nitrogens is 3. The molecule has 1 aromatic rings. The molecule has 0 unspecified atom stereocenters.